The summed E-state index contributed by atoms with van der Waals surface area (Å²) < 4.78 is 15.5. The summed E-state index contributed by atoms with van der Waals surface area (Å²) >= 11 is 0. The van der Waals surface area contributed by atoms with Gasteiger partial charge in [0.2, 0.25) is 0 Å². The molecule has 1 heterocycles. The predicted octanol–water partition coefficient (Wildman–Crippen LogP) is 3.48. The Bertz CT molecular complexity index is 949. The SMILES string of the molecule is COc1ccc(CNC(=O)c2ccc(NC(=O)c3ccco3)cc2)c(OC)c1. The van der Waals surface area contributed by atoms with Crippen LogP contribution >= 0.6 is 0 Å². The number of carbonyl (C=O) groups is 2. The molecule has 0 saturated heterocycles. The van der Waals surface area contributed by atoms with Crippen molar-refractivity contribution >= 4 is 17.5 Å². The molecule has 0 aliphatic carbocycles. The Morgan fingerprint density at radius 3 is 2.39 bits per heavy atom. The molecule has 0 radical (unpaired) electrons. The van der Waals surface area contributed by atoms with Gasteiger partial charge in [-0.2, -0.15) is 0 Å². The molecular weight excluding hydrogens is 360 g/mol. The number of hydrogen-bond donors (Lipinski definition) is 2. The van der Waals surface area contributed by atoms with Gasteiger partial charge in [0.25, 0.3) is 11.8 Å². The number of furan rings is 1. The van der Waals surface area contributed by atoms with Gasteiger partial charge in [-0.05, 0) is 48.5 Å². The minimum Gasteiger partial charge on any atom is -0.497 e. The van der Waals surface area contributed by atoms with Crippen molar-refractivity contribution < 1.29 is 23.5 Å². The number of methoxy groups -OCH3 is 2. The average Bonchev–Trinajstić information content (AvgIpc) is 3.27. The lowest BCUT2D eigenvalue weighted by Crippen LogP contribution is -2.23. The van der Waals surface area contributed by atoms with Gasteiger partial charge in [-0.3, -0.25) is 9.59 Å². The van der Waals surface area contributed by atoms with Crippen LogP contribution in [0.15, 0.2) is 65.3 Å². The van der Waals surface area contributed by atoms with Crippen LogP contribution in [-0.4, -0.2) is 26.0 Å². The standard InChI is InChI=1S/C21H20N2O5/c1-26-17-10-7-15(19(12-17)27-2)13-22-20(24)14-5-8-16(9-6-14)23-21(25)18-4-3-11-28-18/h3-12H,13H2,1-2H3,(H,22,24)(H,23,25). The zero-order valence-corrected chi connectivity index (χ0v) is 15.5. The van der Waals surface area contributed by atoms with Gasteiger partial charge < -0.3 is 24.5 Å². The topological polar surface area (TPSA) is 89.8 Å². The van der Waals surface area contributed by atoms with Crippen LogP contribution in [0.2, 0.25) is 0 Å². The Kier molecular flexibility index (Phi) is 5.96. The highest BCUT2D eigenvalue weighted by atomic mass is 16.5. The highest BCUT2D eigenvalue weighted by Gasteiger charge is 2.11. The molecule has 3 rings (SSSR count). The summed E-state index contributed by atoms with van der Waals surface area (Å²) in [4.78, 5) is 24.3. The molecule has 0 spiro atoms. The number of hydrogen-bond acceptors (Lipinski definition) is 5. The molecule has 28 heavy (non-hydrogen) atoms. The van der Waals surface area contributed by atoms with Crippen LogP contribution in [0.3, 0.4) is 0 Å². The summed E-state index contributed by atoms with van der Waals surface area (Å²) in [7, 11) is 3.15. The third kappa shape index (κ3) is 4.50. The first kappa shape index (κ1) is 19.0. The zero-order valence-electron chi connectivity index (χ0n) is 15.5. The van der Waals surface area contributed by atoms with Crippen molar-refractivity contribution in [3.8, 4) is 11.5 Å². The largest absolute Gasteiger partial charge is 0.497 e. The highest BCUT2D eigenvalue weighted by molar-refractivity contribution is 6.02. The molecule has 0 unspecified atom stereocenters. The van der Waals surface area contributed by atoms with Gasteiger partial charge in [-0.15, -0.1) is 0 Å². The minimum atomic E-state index is -0.353. The van der Waals surface area contributed by atoms with Crippen LogP contribution in [0.5, 0.6) is 11.5 Å². The fraction of sp³-hybridized carbons (Fsp3) is 0.143. The maximum absolute atomic E-state index is 12.4. The first-order valence-corrected chi connectivity index (χ1v) is 8.54. The molecule has 2 aromatic carbocycles. The van der Waals surface area contributed by atoms with Gasteiger partial charge in [-0.1, -0.05) is 0 Å². The summed E-state index contributed by atoms with van der Waals surface area (Å²) in [5, 5.41) is 5.55. The summed E-state index contributed by atoms with van der Waals surface area (Å²) in [5.74, 6) is 0.945. The van der Waals surface area contributed by atoms with E-state index in [4.69, 9.17) is 13.9 Å². The molecular formula is C21H20N2O5. The number of rotatable bonds is 7. The van der Waals surface area contributed by atoms with Gasteiger partial charge in [0.15, 0.2) is 5.76 Å². The number of benzene rings is 2. The van der Waals surface area contributed by atoms with E-state index in [1.807, 2.05) is 6.07 Å². The van der Waals surface area contributed by atoms with Crippen molar-refractivity contribution in [2.45, 2.75) is 6.54 Å². The molecule has 0 fully saturated rings. The maximum atomic E-state index is 12.4. The van der Waals surface area contributed by atoms with Gasteiger partial charge in [0.05, 0.1) is 20.5 Å². The monoisotopic (exact) mass is 380 g/mol. The van der Waals surface area contributed by atoms with Crippen molar-refractivity contribution in [1.82, 2.24) is 5.32 Å². The zero-order chi connectivity index (χ0) is 19.9. The highest BCUT2D eigenvalue weighted by Crippen LogP contribution is 2.24. The fourth-order valence-electron chi connectivity index (χ4n) is 2.58. The molecule has 3 aromatic rings. The van der Waals surface area contributed by atoms with Gasteiger partial charge in [0, 0.05) is 29.4 Å². The molecule has 0 aliphatic heterocycles. The van der Waals surface area contributed by atoms with Crippen molar-refractivity contribution in [3.05, 3.63) is 77.7 Å². The number of anilines is 1. The maximum Gasteiger partial charge on any atom is 0.291 e. The molecule has 2 amide bonds. The van der Waals surface area contributed by atoms with Crippen LogP contribution in [0.25, 0.3) is 0 Å². The lowest BCUT2D eigenvalue weighted by molar-refractivity contribution is 0.0950. The van der Waals surface area contributed by atoms with Crippen molar-refractivity contribution in [2.75, 3.05) is 19.5 Å². The molecule has 7 heteroatoms. The third-order valence-electron chi connectivity index (χ3n) is 4.08. The van der Waals surface area contributed by atoms with Gasteiger partial charge in [0.1, 0.15) is 11.5 Å². The summed E-state index contributed by atoms with van der Waals surface area (Å²) in [6.45, 7) is 0.309. The van der Waals surface area contributed by atoms with Crippen LogP contribution in [0.4, 0.5) is 5.69 Å². The molecule has 2 N–H and O–H groups in total. The lowest BCUT2D eigenvalue weighted by atomic mass is 10.1. The minimum absolute atomic E-state index is 0.218. The molecule has 0 atom stereocenters. The Morgan fingerprint density at radius 1 is 0.964 bits per heavy atom. The lowest BCUT2D eigenvalue weighted by Gasteiger charge is -2.11. The number of nitrogens with one attached hydrogen (secondary N) is 2. The van der Waals surface area contributed by atoms with E-state index in [1.54, 1.807) is 62.8 Å². The van der Waals surface area contributed by atoms with E-state index < -0.39 is 0 Å². The van der Waals surface area contributed by atoms with E-state index in [1.165, 1.54) is 6.26 Å². The van der Waals surface area contributed by atoms with Gasteiger partial charge in [-0.25, -0.2) is 0 Å². The first-order chi connectivity index (χ1) is 13.6. The summed E-state index contributed by atoms with van der Waals surface area (Å²) in [6.07, 6.45) is 1.43. The van der Waals surface area contributed by atoms with E-state index in [9.17, 15) is 9.59 Å². The second kappa shape index (κ2) is 8.77. The van der Waals surface area contributed by atoms with Crippen molar-refractivity contribution in [3.63, 3.8) is 0 Å². The quantitative estimate of drug-likeness (QED) is 0.655. The van der Waals surface area contributed by atoms with Crippen LogP contribution in [0, 0.1) is 0 Å². The molecule has 0 bridgehead atoms. The second-order valence-electron chi connectivity index (χ2n) is 5.87. The third-order valence-corrected chi connectivity index (χ3v) is 4.08. The van der Waals surface area contributed by atoms with Crippen molar-refractivity contribution in [1.29, 1.82) is 0 Å². The second-order valence-corrected chi connectivity index (χ2v) is 5.87. The number of carbonyl (C=O) groups excluding carboxylic acids is 2. The van der Waals surface area contributed by atoms with Gasteiger partial charge >= 0.3 is 0 Å². The number of amides is 2. The van der Waals surface area contributed by atoms with E-state index >= 15 is 0 Å². The normalized spacial score (nSPS) is 10.2. The molecule has 7 nitrogen and oxygen atoms in total. The first-order valence-electron chi connectivity index (χ1n) is 8.54. The summed E-state index contributed by atoms with van der Waals surface area (Å²) in [5.41, 5.74) is 1.87. The molecule has 0 saturated carbocycles. The summed E-state index contributed by atoms with van der Waals surface area (Å²) in [6, 6.07) is 15.2. The Labute approximate surface area is 162 Å². The Balaban J connectivity index is 1.60. The Hall–Kier alpha value is -3.74. The average molecular weight is 380 g/mol. The van der Waals surface area contributed by atoms with E-state index in [0.29, 0.717) is 29.3 Å². The number of ether oxygens (including phenoxy) is 2. The predicted molar refractivity (Wildman–Crippen MR) is 104 cm³/mol. The van der Waals surface area contributed by atoms with Crippen LogP contribution in [-0.2, 0) is 6.54 Å². The van der Waals surface area contributed by atoms with E-state index in [0.717, 1.165) is 5.56 Å². The Morgan fingerprint density at radius 2 is 1.75 bits per heavy atom. The molecule has 144 valence electrons. The van der Waals surface area contributed by atoms with E-state index in [2.05, 4.69) is 10.6 Å². The van der Waals surface area contributed by atoms with E-state index in [-0.39, 0.29) is 17.6 Å². The van der Waals surface area contributed by atoms with Crippen LogP contribution in [0.1, 0.15) is 26.5 Å². The van der Waals surface area contributed by atoms with Crippen molar-refractivity contribution in [2.24, 2.45) is 0 Å². The fourth-order valence-corrected chi connectivity index (χ4v) is 2.58. The molecule has 0 aliphatic rings. The molecule has 1 aromatic heterocycles. The smallest absolute Gasteiger partial charge is 0.291 e. The van der Waals surface area contributed by atoms with Crippen LogP contribution < -0.4 is 20.1 Å².